The van der Waals surface area contributed by atoms with Gasteiger partial charge < -0.3 is 15.8 Å². The second-order valence-electron chi connectivity index (χ2n) is 4.34. The summed E-state index contributed by atoms with van der Waals surface area (Å²) in [6.07, 6.45) is -5.00. The van der Waals surface area contributed by atoms with E-state index >= 15 is 0 Å². The zero-order chi connectivity index (χ0) is 16.4. The van der Waals surface area contributed by atoms with Gasteiger partial charge in [-0.25, -0.2) is 9.18 Å². The van der Waals surface area contributed by atoms with Crippen molar-refractivity contribution >= 4 is 17.6 Å². The van der Waals surface area contributed by atoms with E-state index in [1.54, 1.807) is 0 Å². The van der Waals surface area contributed by atoms with Crippen molar-refractivity contribution in [1.29, 1.82) is 0 Å². The summed E-state index contributed by atoms with van der Waals surface area (Å²) in [6.45, 7) is 0.476. The Morgan fingerprint density at radius 1 is 1.29 bits per heavy atom. The summed E-state index contributed by atoms with van der Waals surface area (Å²) < 4.78 is 55.4. The van der Waals surface area contributed by atoms with Crippen LogP contribution >= 0.6 is 0 Å². The standard InChI is InChI=1S/C12H12F4N2O3/c1-11(17,12(14,15)16)10(20)18-8-4-3-6(13)5-7(8)9(19)21-2/h3-5H,17H2,1-2H3,(H,18,20). The molecule has 9 heteroatoms. The van der Waals surface area contributed by atoms with E-state index < -0.39 is 35.0 Å². The van der Waals surface area contributed by atoms with Gasteiger partial charge in [-0.05, 0) is 25.1 Å². The van der Waals surface area contributed by atoms with Gasteiger partial charge in [0.15, 0.2) is 5.54 Å². The molecule has 1 amide bonds. The van der Waals surface area contributed by atoms with Crippen LogP contribution in [-0.2, 0) is 9.53 Å². The van der Waals surface area contributed by atoms with Gasteiger partial charge in [0, 0.05) is 0 Å². The maximum atomic E-state index is 13.1. The molecule has 0 fully saturated rings. The fraction of sp³-hybridized carbons (Fsp3) is 0.333. The smallest absolute Gasteiger partial charge is 0.415 e. The normalized spacial score (nSPS) is 14.2. The van der Waals surface area contributed by atoms with Crippen molar-refractivity contribution in [1.82, 2.24) is 0 Å². The molecular formula is C12H12F4N2O3. The number of anilines is 1. The number of alkyl halides is 3. The first-order valence-corrected chi connectivity index (χ1v) is 5.55. The number of rotatable bonds is 3. The molecule has 0 radical (unpaired) electrons. The molecule has 0 saturated carbocycles. The van der Waals surface area contributed by atoms with E-state index in [9.17, 15) is 27.2 Å². The third-order valence-electron chi connectivity index (χ3n) is 2.70. The van der Waals surface area contributed by atoms with E-state index in [1.807, 2.05) is 5.32 Å². The molecule has 21 heavy (non-hydrogen) atoms. The first-order chi connectivity index (χ1) is 9.50. The van der Waals surface area contributed by atoms with Gasteiger partial charge in [-0.3, -0.25) is 4.79 Å². The summed E-state index contributed by atoms with van der Waals surface area (Å²) in [6, 6.07) is 2.53. The number of hydrogen-bond acceptors (Lipinski definition) is 4. The maximum Gasteiger partial charge on any atom is 0.415 e. The van der Waals surface area contributed by atoms with Gasteiger partial charge in [0.05, 0.1) is 18.4 Å². The minimum absolute atomic E-state index is 0.339. The summed E-state index contributed by atoms with van der Waals surface area (Å²) in [5, 5.41) is 1.85. The number of hydrogen-bond donors (Lipinski definition) is 2. The Kier molecular flexibility index (Phi) is 4.57. The Labute approximate surface area is 117 Å². The van der Waals surface area contributed by atoms with Crippen LogP contribution in [0.1, 0.15) is 17.3 Å². The van der Waals surface area contributed by atoms with E-state index in [-0.39, 0.29) is 5.69 Å². The summed E-state index contributed by atoms with van der Waals surface area (Å²) in [5.74, 6) is -3.43. The Balaban J connectivity index is 3.14. The Morgan fingerprint density at radius 2 is 1.86 bits per heavy atom. The molecule has 0 aliphatic rings. The van der Waals surface area contributed by atoms with Crippen LogP contribution in [0.2, 0.25) is 0 Å². The molecule has 0 aliphatic heterocycles. The number of esters is 1. The Hall–Kier alpha value is -2.16. The SMILES string of the molecule is COC(=O)c1cc(F)ccc1NC(=O)C(C)(N)C(F)(F)F. The van der Waals surface area contributed by atoms with E-state index in [0.29, 0.717) is 6.92 Å². The molecule has 0 aliphatic carbocycles. The van der Waals surface area contributed by atoms with Crippen LogP contribution < -0.4 is 11.1 Å². The number of ether oxygens (including phenoxy) is 1. The van der Waals surface area contributed by atoms with Crippen molar-refractivity contribution in [2.45, 2.75) is 18.6 Å². The lowest BCUT2D eigenvalue weighted by Gasteiger charge is -2.26. The number of nitrogens with two attached hydrogens (primary N) is 1. The zero-order valence-electron chi connectivity index (χ0n) is 11.0. The largest absolute Gasteiger partial charge is 0.465 e. The highest BCUT2D eigenvalue weighted by molar-refractivity contribution is 6.04. The van der Waals surface area contributed by atoms with E-state index in [4.69, 9.17) is 5.73 Å². The summed E-state index contributed by atoms with van der Waals surface area (Å²) in [5.41, 5.74) is 1.01. The number of carbonyl (C=O) groups excluding carboxylic acids is 2. The van der Waals surface area contributed by atoms with Crippen molar-refractivity contribution in [2.24, 2.45) is 5.73 Å². The van der Waals surface area contributed by atoms with Crippen LogP contribution in [0.4, 0.5) is 23.2 Å². The first-order valence-electron chi connectivity index (χ1n) is 5.55. The highest BCUT2D eigenvalue weighted by Gasteiger charge is 2.54. The van der Waals surface area contributed by atoms with Gasteiger partial charge in [-0.15, -0.1) is 0 Å². The van der Waals surface area contributed by atoms with Crippen LogP contribution in [0.25, 0.3) is 0 Å². The van der Waals surface area contributed by atoms with Gasteiger partial charge in [0.25, 0.3) is 5.91 Å². The predicted molar refractivity (Wildman–Crippen MR) is 65.0 cm³/mol. The molecule has 0 spiro atoms. The lowest BCUT2D eigenvalue weighted by molar-refractivity contribution is -0.184. The van der Waals surface area contributed by atoms with Gasteiger partial charge in [-0.1, -0.05) is 0 Å². The number of carbonyl (C=O) groups is 2. The number of methoxy groups -OCH3 is 1. The third kappa shape index (κ3) is 3.48. The van der Waals surface area contributed by atoms with Crippen LogP contribution in [-0.4, -0.2) is 30.7 Å². The molecule has 0 saturated heterocycles. The average Bonchev–Trinajstić information content (AvgIpc) is 2.38. The summed E-state index contributed by atoms with van der Waals surface area (Å²) in [4.78, 5) is 23.0. The molecule has 3 N–H and O–H groups in total. The number of amides is 1. The van der Waals surface area contributed by atoms with Crippen molar-refractivity contribution in [3.8, 4) is 0 Å². The van der Waals surface area contributed by atoms with E-state index in [2.05, 4.69) is 4.74 Å². The molecule has 0 heterocycles. The second kappa shape index (κ2) is 5.68. The molecule has 0 bridgehead atoms. The van der Waals surface area contributed by atoms with Crippen molar-refractivity contribution in [3.63, 3.8) is 0 Å². The molecule has 116 valence electrons. The fourth-order valence-electron chi connectivity index (χ4n) is 1.29. The number of benzene rings is 1. The fourth-order valence-corrected chi connectivity index (χ4v) is 1.29. The molecule has 1 unspecified atom stereocenters. The van der Waals surface area contributed by atoms with Gasteiger partial charge in [-0.2, -0.15) is 13.2 Å². The second-order valence-corrected chi connectivity index (χ2v) is 4.34. The monoisotopic (exact) mass is 308 g/mol. The van der Waals surface area contributed by atoms with E-state index in [1.165, 1.54) is 0 Å². The highest BCUT2D eigenvalue weighted by atomic mass is 19.4. The molecule has 1 rings (SSSR count). The topological polar surface area (TPSA) is 81.4 Å². The van der Waals surface area contributed by atoms with Gasteiger partial charge >= 0.3 is 12.1 Å². The summed E-state index contributed by atoms with van der Waals surface area (Å²) >= 11 is 0. The Bertz CT molecular complexity index is 570. The van der Waals surface area contributed by atoms with Crippen LogP contribution in [0, 0.1) is 5.82 Å². The predicted octanol–water partition coefficient (Wildman–Crippen LogP) is 1.83. The maximum absolute atomic E-state index is 13.1. The first kappa shape index (κ1) is 16.9. The van der Waals surface area contributed by atoms with Crippen molar-refractivity contribution in [3.05, 3.63) is 29.6 Å². The molecule has 0 aromatic heterocycles. The van der Waals surface area contributed by atoms with E-state index in [0.717, 1.165) is 25.3 Å². The van der Waals surface area contributed by atoms with Crippen molar-refractivity contribution in [2.75, 3.05) is 12.4 Å². The van der Waals surface area contributed by atoms with Gasteiger partial charge in [0.1, 0.15) is 5.82 Å². The van der Waals surface area contributed by atoms with Gasteiger partial charge in [0.2, 0.25) is 0 Å². The lowest BCUT2D eigenvalue weighted by atomic mass is 10.0. The summed E-state index contributed by atoms with van der Waals surface area (Å²) in [7, 11) is 1.00. The third-order valence-corrected chi connectivity index (χ3v) is 2.70. The van der Waals surface area contributed by atoms with Crippen LogP contribution in [0.15, 0.2) is 18.2 Å². The zero-order valence-corrected chi connectivity index (χ0v) is 11.0. The van der Waals surface area contributed by atoms with Crippen LogP contribution in [0.5, 0.6) is 0 Å². The van der Waals surface area contributed by atoms with Crippen LogP contribution in [0.3, 0.4) is 0 Å². The minimum Gasteiger partial charge on any atom is -0.465 e. The number of halogens is 4. The molecule has 1 aromatic carbocycles. The molecule has 5 nitrogen and oxygen atoms in total. The molecular weight excluding hydrogens is 296 g/mol. The Morgan fingerprint density at radius 3 is 2.33 bits per heavy atom. The quantitative estimate of drug-likeness (QED) is 0.659. The molecule has 1 atom stereocenters. The average molecular weight is 308 g/mol. The lowest BCUT2D eigenvalue weighted by Crippen LogP contribution is -2.59. The van der Waals surface area contributed by atoms with Crippen molar-refractivity contribution < 1.29 is 31.9 Å². The highest BCUT2D eigenvalue weighted by Crippen LogP contribution is 2.29. The molecule has 1 aromatic rings. The number of nitrogens with one attached hydrogen (secondary N) is 1. The minimum atomic E-state index is -5.00.